The van der Waals surface area contributed by atoms with E-state index in [4.69, 9.17) is 5.11 Å². The van der Waals surface area contributed by atoms with Crippen LogP contribution in [-0.2, 0) is 4.79 Å². The number of hydrogen-bond acceptors (Lipinski definition) is 2. The van der Waals surface area contributed by atoms with Gasteiger partial charge in [-0.25, -0.2) is 0 Å². The fourth-order valence-electron chi connectivity index (χ4n) is 2.68. The molecule has 0 aliphatic heterocycles. The summed E-state index contributed by atoms with van der Waals surface area (Å²) in [5.74, 6) is 0.809. The average molecular weight is 241 g/mol. The van der Waals surface area contributed by atoms with Gasteiger partial charge in [0.05, 0.1) is 5.92 Å². The summed E-state index contributed by atoms with van der Waals surface area (Å²) in [5, 5.41) is 12.5. The van der Waals surface area contributed by atoms with Gasteiger partial charge in [-0.15, -0.1) is 0 Å². The van der Waals surface area contributed by atoms with E-state index in [0.29, 0.717) is 5.92 Å². The van der Waals surface area contributed by atoms with Gasteiger partial charge in [0, 0.05) is 0 Å². The van der Waals surface area contributed by atoms with E-state index < -0.39 is 5.97 Å². The van der Waals surface area contributed by atoms with Gasteiger partial charge < -0.3 is 10.4 Å². The largest absolute Gasteiger partial charge is 0.481 e. The second-order valence-electron chi connectivity index (χ2n) is 5.40. The first-order chi connectivity index (χ1) is 8.17. The molecule has 0 unspecified atom stereocenters. The Kier molecular flexibility index (Phi) is 6.56. The average Bonchev–Trinajstić information content (AvgIpc) is 2.35. The second kappa shape index (κ2) is 7.70. The molecule has 1 rings (SSSR count). The van der Waals surface area contributed by atoms with Crippen LogP contribution in [-0.4, -0.2) is 24.2 Å². The van der Waals surface area contributed by atoms with Gasteiger partial charge >= 0.3 is 5.97 Å². The Labute approximate surface area is 105 Å². The minimum absolute atomic E-state index is 0.0784. The minimum atomic E-state index is -0.603. The second-order valence-corrected chi connectivity index (χ2v) is 5.40. The maximum atomic E-state index is 10.8. The zero-order valence-corrected chi connectivity index (χ0v) is 11.2. The molecule has 17 heavy (non-hydrogen) atoms. The third-order valence-corrected chi connectivity index (χ3v) is 4.22. The zero-order valence-electron chi connectivity index (χ0n) is 11.2. The van der Waals surface area contributed by atoms with Crippen LogP contribution in [0.2, 0.25) is 0 Å². The van der Waals surface area contributed by atoms with Crippen LogP contribution >= 0.6 is 0 Å². The van der Waals surface area contributed by atoms with Crippen molar-refractivity contribution in [3.8, 4) is 0 Å². The van der Waals surface area contributed by atoms with Crippen molar-refractivity contribution < 1.29 is 9.90 Å². The van der Waals surface area contributed by atoms with Gasteiger partial charge in [-0.05, 0) is 50.6 Å². The van der Waals surface area contributed by atoms with Crippen molar-refractivity contribution in [1.29, 1.82) is 0 Å². The van der Waals surface area contributed by atoms with Crippen LogP contribution in [0.4, 0.5) is 0 Å². The first kappa shape index (κ1) is 14.5. The standard InChI is InChI=1S/C14H27NO2/c1-3-11(4-2)9-15-10-12-5-7-13(8-6-12)14(16)17/h11-13,15H,3-10H2,1-2H3,(H,16,17). The lowest BCUT2D eigenvalue weighted by Gasteiger charge is -2.26. The molecule has 0 atom stereocenters. The van der Waals surface area contributed by atoms with E-state index in [2.05, 4.69) is 19.2 Å². The predicted octanol–water partition coefficient (Wildman–Crippen LogP) is 2.90. The highest BCUT2D eigenvalue weighted by Gasteiger charge is 2.25. The Morgan fingerprint density at radius 3 is 2.29 bits per heavy atom. The highest BCUT2D eigenvalue weighted by atomic mass is 16.4. The third-order valence-electron chi connectivity index (χ3n) is 4.22. The molecular weight excluding hydrogens is 214 g/mol. The Hall–Kier alpha value is -0.570. The van der Waals surface area contributed by atoms with E-state index >= 15 is 0 Å². The molecule has 1 aliphatic carbocycles. The van der Waals surface area contributed by atoms with Crippen molar-refractivity contribution >= 4 is 5.97 Å². The van der Waals surface area contributed by atoms with Crippen LogP contribution in [0.5, 0.6) is 0 Å². The topological polar surface area (TPSA) is 49.3 Å². The molecule has 0 spiro atoms. The summed E-state index contributed by atoms with van der Waals surface area (Å²) in [6.45, 7) is 6.68. The SMILES string of the molecule is CCC(CC)CNCC1CCC(C(=O)O)CC1. The fourth-order valence-corrected chi connectivity index (χ4v) is 2.68. The molecule has 2 N–H and O–H groups in total. The molecule has 1 fully saturated rings. The van der Waals surface area contributed by atoms with E-state index in [1.807, 2.05) is 0 Å². The van der Waals surface area contributed by atoms with Crippen LogP contribution in [0.1, 0.15) is 52.4 Å². The van der Waals surface area contributed by atoms with Crippen LogP contribution < -0.4 is 5.32 Å². The van der Waals surface area contributed by atoms with Gasteiger partial charge in [-0.3, -0.25) is 4.79 Å². The molecule has 3 heteroatoms. The number of carboxylic acids is 1. The van der Waals surface area contributed by atoms with E-state index in [1.165, 1.54) is 12.8 Å². The van der Waals surface area contributed by atoms with Crippen molar-refractivity contribution in [3.05, 3.63) is 0 Å². The molecule has 1 aliphatic rings. The predicted molar refractivity (Wildman–Crippen MR) is 70.0 cm³/mol. The fraction of sp³-hybridized carbons (Fsp3) is 0.929. The lowest BCUT2D eigenvalue weighted by molar-refractivity contribution is -0.143. The number of rotatable bonds is 7. The summed E-state index contributed by atoms with van der Waals surface area (Å²) < 4.78 is 0. The summed E-state index contributed by atoms with van der Waals surface area (Å²) >= 11 is 0. The summed E-state index contributed by atoms with van der Waals surface area (Å²) in [4.78, 5) is 10.8. The first-order valence-corrected chi connectivity index (χ1v) is 7.10. The normalized spacial score (nSPS) is 25.1. The molecular formula is C14H27NO2. The molecule has 0 radical (unpaired) electrons. The first-order valence-electron chi connectivity index (χ1n) is 7.10. The molecule has 1 saturated carbocycles. The lowest BCUT2D eigenvalue weighted by atomic mass is 9.82. The van der Waals surface area contributed by atoms with Crippen LogP contribution in [0, 0.1) is 17.8 Å². The summed E-state index contributed by atoms with van der Waals surface area (Å²) in [5.41, 5.74) is 0. The highest BCUT2D eigenvalue weighted by Crippen LogP contribution is 2.28. The Bertz CT molecular complexity index is 218. The van der Waals surface area contributed by atoms with Gasteiger partial charge in [-0.1, -0.05) is 26.7 Å². The molecule has 0 aromatic carbocycles. The monoisotopic (exact) mass is 241 g/mol. The summed E-state index contributed by atoms with van der Waals surface area (Å²) in [7, 11) is 0. The summed E-state index contributed by atoms with van der Waals surface area (Å²) in [6, 6.07) is 0. The summed E-state index contributed by atoms with van der Waals surface area (Å²) in [6.07, 6.45) is 6.38. The smallest absolute Gasteiger partial charge is 0.306 e. The molecule has 0 saturated heterocycles. The molecule has 0 heterocycles. The third kappa shape index (κ3) is 5.07. The Balaban J connectivity index is 2.12. The Morgan fingerprint density at radius 1 is 1.24 bits per heavy atom. The van der Waals surface area contributed by atoms with Gasteiger partial charge in [0.2, 0.25) is 0 Å². The van der Waals surface area contributed by atoms with Gasteiger partial charge in [0.1, 0.15) is 0 Å². The van der Waals surface area contributed by atoms with Gasteiger partial charge in [-0.2, -0.15) is 0 Å². The maximum absolute atomic E-state index is 10.8. The van der Waals surface area contributed by atoms with Crippen molar-refractivity contribution in [2.75, 3.05) is 13.1 Å². The number of nitrogens with one attached hydrogen (secondary N) is 1. The molecule has 100 valence electrons. The zero-order chi connectivity index (χ0) is 12.7. The van der Waals surface area contributed by atoms with Crippen LogP contribution in [0.15, 0.2) is 0 Å². The maximum Gasteiger partial charge on any atom is 0.306 e. The highest BCUT2D eigenvalue weighted by molar-refractivity contribution is 5.69. The number of carbonyl (C=O) groups is 1. The van der Waals surface area contributed by atoms with Crippen molar-refractivity contribution in [3.63, 3.8) is 0 Å². The van der Waals surface area contributed by atoms with E-state index in [-0.39, 0.29) is 5.92 Å². The van der Waals surface area contributed by atoms with Crippen LogP contribution in [0.25, 0.3) is 0 Å². The molecule has 0 aromatic heterocycles. The molecule has 0 aromatic rings. The minimum Gasteiger partial charge on any atom is -0.481 e. The van der Waals surface area contributed by atoms with Crippen molar-refractivity contribution in [1.82, 2.24) is 5.32 Å². The number of aliphatic carboxylic acids is 1. The van der Waals surface area contributed by atoms with Crippen LogP contribution in [0.3, 0.4) is 0 Å². The van der Waals surface area contributed by atoms with E-state index in [0.717, 1.165) is 44.7 Å². The van der Waals surface area contributed by atoms with Crippen molar-refractivity contribution in [2.24, 2.45) is 17.8 Å². The van der Waals surface area contributed by atoms with E-state index in [9.17, 15) is 4.79 Å². The van der Waals surface area contributed by atoms with Gasteiger partial charge in [0.25, 0.3) is 0 Å². The Morgan fingerprint density at radius 2 is 1.82 bits per heavy atom. The van der Waals surface area contributed by atoms with E-state index in [1.54, 1.807) is 0 Å². The quantitative estimate of drug-likeness (QED) is 0.720. The molecule has 0 amide bonds. The number of hydrogen-bond donors (Lipinski definition) is 2. The lowest BCUT2D eigenvalue weighted by Crippen LogP contribution is -2.31. The molecule has 0 bridgehead atoms. The van der Waals surface area contributed by atoms with Gasteiger partial charge in [0.15, 0.2) is 0 Å². The van der Waals surface area contributed by atoms with Crippen molar-refractivity contribution in [2.45, 2.75) is 52.4 Å². The number of carboxylic acid groups (broad SMARTS) is 1. The molecule has 3 nitrogen and oxygen atoms in total.